The molecule has 4 rings (SSSR count). The number of fused-ring (bicyclic) bond motifs is 1. The largest absolute Gasteiger partial charge is 0.481 e. The second-order valence-electron chi connectivity index (χ2n) is 8.94. The molecular formula is C26H28Cl2N4O3. The lowest BCUT2D eigenvalue weighted by atomic mass is 9.95. The summed E-state index contributed by atoms with van der Waals surface area (Å²) in [5.74, 6) is -1.35. The second-order valence-corrected chi connectivity index (χ2v) is 9.82. The molecule has 184 valence electrons. The fraction of sp³-hybridized carbons (Fsp3) is 0.385. The Kier molecular flexibility index (Phi) is 8.08. The van der Waals surface area contributed by atoms with E-state index in [4.69, 9.17) is 28.2 Å². The van der Waals surface area contributed by atoms with Crippen LogP contribution in [0.3, 0.4) is 0 Å². The van der Waals surface area contributed by atoms with Crippen LogP contribution in [-0.2, 0) is 30.6 Å². The van der Waals surface area contributed by atoms with Crippen molar-refractivity contribution in [1.82, 2.24) is 19.7 Å². The third kappa shape index (κ3) is 6.41. The van der Waals surface area contributed by atoms with Gasteiger partial charge in [-0.25, -0.2) is 0 Å². The minimum Gasteiger partial charge on any atom is -0.481 e. The van der Waals surface area contributed by atoms with E-state index in [1.807, 2.05) is 0 Å². The fourth-order valence-corrected chi connectivity index (χ4v) is 5.08. The number of aryl methyl sites for hydroxylation is 4. The van der Waals surface area contributed by atoms with Crippen molar-refractivity contribution >= 4 is 35.1 Å². The molecule has 0 fully saturated rings. The van der Waals surface area contributed by atoms with Crippen molar-refractivity contribution in [2.45, 2.75) is 57.5 Å². The molecule has 2 heterocycles. The van der Waals surface area contributed by atoms with Gasteiger partial charge in [0.1, 0.15) is 0 Å². The molecule has 0 bridgehead atoms. The van der Waals surface area contributed by atoms with Crippen molar-refractivity contribution in [3.63, 3.8) is 0 Å². The molecule has 1 amide bonds. The number of carboxylic acid groups (broad SMARTS) is 1. The Balaban J connectivity index is 1.40. The van der Waals surface area contributed by atoms with Gasteiger partial charge in [0.05, 0.1) is 24.2 Å². The second kappa shape index (κ2) is 11.2. The first-order valence-corrected chi connectivity index (χ1v) is 12.5. The van der Waals surface area contributed by atoms with E-state index in [1.165, 1.54) is 35.2 Å². The number of carbonyl (C=O) groups excluding carboxylic acids is 1. The molecule has 9 heteroatoms. The summed E-state index contributed by atoms with van der Waals surface area (Å²) in [4.78, 5) is 30.9. The van der Waals surface area contributed by atoms with Crippen LogP contribution in [-0.4, -0.2) is 43.7 Å². The van der Waals surface area contributed by atoms with Crippen LogP contribution in [0.1, 0.15) is 64.6 Å². The number of amides is 1. The van der Waals surface area contributed by atoms with E-state index in [1.54, 1.807) is 36.1 Å². The van der Waals surface area contributed by atoms with E-state index in [2.05, 4.69) is 17.2 Å². The first-order valence-electron chi connectivity index (χ1n) is 11.7. The molecule has 2 aromatic heterocycles. The summed E-state index contributed by atoms with van der Waals surface area (Å²) in [5, 5.41) is 14.5. The quantitative estimate of drug-likeness (QED) is 0.413. The van der Waals surface area contributed by atoms with Crippen molar-refractivity contribution in [2.75, 3.05) is 7.05 Å². The van der Waals surface area contributed by atoms with Gasteiger partial charge in [0.15, 0.2) is 0 Å². The highest BCUT2D eigenvalue weighted by atomic mass is 35.5. The van der Waals surface area contributed by atoms with E-state index in [0.717, 1.165) is 31.4 Å². The normalized spacial score (nSPS) is 13.8. The van der Waals surface area contributed by atoms with Crippen LogP contribution in [0.5, 0.6) is 0 Å². The Morgan fingerprint density at radius 3 is 2.63 bits per heavy atom. The van der Waals surface area contributed by atoms with Crippen LogP contribution in [0, 0.1) is 0 Å². The zero-order chi connectivity index (χ0) is 24.9. The zero-order valence-corrected chi connectivity index (χ0v) is 21.1. The van der Waals surface area contributed by atoms with Crippen LogP contribution in [0.4, 0.5) is 0 Å². The SMILES string of the molecule is CN(C(=O)c1cnn(CCCc2ccc3c(n2)CCCC3)c1)[C@@H](CC(=O)O)c1cc(Cl)cc(Cl)c1. The highest BCUT2D eigenvalue weighted by molar-refractivity contribution is 6.34. The molecule has 1 N–H and O–H groups in total. The lowest BCUT2D eigenvalue weighted by Gasteiger charge is -2.27. The average Bonchev–Trinajstić information content (AvgIpc) is 3.29. The van der Waals surface area contributed by atoms with E-state index in [9.17, 15) is 14.7 Å². The van der Waals surface area contributed by atoms with Gasteiger partial charge in [-0.1, -0.05) is 29.3 Å². The molecule has 7 nitrogen and oxygen atoms in total. The van der Waals surface area contributed by atoms with Crippen LogP contribution < -0.4 is 0 Å². The van der Waals surface area contributed by atoms with Crippen LogP contribution in [0.15, 0.2) is 42.7 Å². The first kappa shape index (κ1) is 25.2. The van der Waals surface area contributed by atoms with Gasteiger partial charge in [-0.15, -0.1) is 0 Å². The Hall–Kier alpha value is -2.90. The number of pyridine rings is 1. The summed E-state index contributed by atoms with van der Waals surface area (Å²) in [7, 11) is 1.57. The lowest BCUT2D eigenvalue weighted by molar-refractivity contribution is -0.138. The average molecular weight is 515 g/mol. The van der Waals surface area contributed by atoms with Gasteiger partial charge >= 0.3 is 5.97 Å². The molecule has 0 spiro atoms. The first-order chi connectivity index (χ1) is 16.8. The van der Waals surface area contributed by atoms with Crippen molar-refractivity contribution in [1.29, 1.82) is 0 Å². The summed E-state index contributed by atoms with van der Waals surface area (Å²) < 4.78 is 1.74. The van der Waals surface area contributed by atoms with Crippen molar-refractivity contribution in [2.24, 2.45) is 0 Å². The maximum absolute atomic E-state index is 13.2. The molecule has 0 radical (unpaired) electrons. The van der Waals surface area contributed by atoms with E-state index >= 15 is 0 Å². The molecule has 0 saturated carbocycles. The van der Waals surface area contributed by atoms with E-state index < -0.39 is 12.0 Å². The molecule has 0 aliphatic heterocycles. The van der Waals surface area contributed by atoms with Crippen LogP contribution in [0.25, 0.3) is 0 Å². The minimum absolute atomic E-state index is 0.277. The monoisotopic (exact) mass is 514 g/mol. The van der Waals surface area contributed by atoms with Crippen LogP contribution in [0.2, 0.25) is 10.0 Å². The number of aromatic nitrogens is 3. The highest BCUT2D eigenvalue weighted by Gasteiger charge is 2.26. The van der Waals surface area contributed by atoms with Gasteiger partial charge < -0.3 is 10.0 Å². The molecule has 1 aromatic carbocycles. The molecule has 1 aliphatic carbocycles. The molecular weight excluding hydrogens is 487 g/mol. The summed E-state index contributed by atoms with van der Waals surface area (Å²) in [5.41, 5.74) is 4.65. The number of carboxylic acids is 1. The number of carbonyl (C=O) groups is 2. The summed E-state index contributed by atoms with van der Waals surface area (Å²) in [6.45, 7) is 0.651. The number of benzene rings is 1. The zero-order valence-electron chi connectivity index (χ0n) is 19.6. The molecule has 1 atom stereocenters. The van der Waals surface area contributed by atoms with Crippen molar-refractivity contribution in [3.8, 4) is 0 Å². The summed E-state index contributed by atoms with van der Waals surface area (Å²) in [6.07, 6.45) is 9.26. The summed E-state index contributed by atoms with van der Waals surface area (Å²) >= 11 is 12.2. The minimum atomic E-state index is -1.03. The molecule has 35 heavy (non-hydrogen) atoms. The van der Waals surface area contributed by atoms with Crippen LogP contribution >= 0.6 is 23.2 Å². The fourth-order valence-electron chi connectivity index (χ4n) is 4.54. The van der Waals surface area contributed by atoms with Gasteiger partial charge in [-0.3, -0.25) is 19.3 Å². The topological polar surface area (TPSA) is 88.3 Å². The van der Waals surface area contributed by atoms with Gasteiger partial charge in [-0.2, -0.15) is 5.10 Å². The van der Waals surface area contributed by atoms with Crippen molar-refractivity contribution in [3.05, 3.63) is 80.8 Å². The molecule has 0 unspecified atom stereocenters. The Bertz CT molecular complexity index is 1210. The van der Waals surface area contributed by atoms with Gasteiger partial charge in [0.25, 0.3) is 5.91 Å². The van der Waals surface area contributed by atoms with Crippen molar-refractivity contribution < 1.29 is 14.7 Å². The maximum atomic E-state index is 13.2. The number of hydrogen-bond acceptors (Lipinski definition) is 4. The Morgan fingerprint density at radius 2 is 1.89 bits per heavy atom. The smallest absolute Gasteiger partial charge is 0.305 e. The standard InChI is InChI=1S/C26H28Cl2N4O3/c1-31(24(14-25(33)34)18-11-20(27)13-21(28)12-18)26(35)19-15-29-32(16-19)10-4-6-22-9-8-17-5-2-3-7-23(17)30-22/h8-9,11-13,15-16,24H,2-7,10,14H2,1H3,(H,33,34)/t24-/m0/s1. The van der Waals surface area contributed by atoms with E-state index in [-0.39, 0.29) is 12.3 Å². The van der Waals surface area contributed by atoms with Gasteiger partial charge in [-0.05, 0) is 73.9 Å². The maximum Gasteiger partial charge on any atom is 0.305 e. The number of nitrogens with zero attached hydrogens (tertiary/aromatic N) is 4. The predicted molar refractivity (Wildman–Crippen MR) is 135 cm³/mol. The number of halogens is 2. The predicted octanol–water partition coefficient (Wildman–Crippen LogP) is 5.38. The highest BCUT2D eigenvalue weighted by Crippen LogP contribution is 2.30. The van der Waals surface area contributed by atoms with Gasteiger partial charge in [0.2, 0.25) is 0 Å². The number of rotatable bonds is 9. The Labute approximate surface area is 214 Å². The molecule has 1 aliphatic rings. The third-order valence-electron chi connectivity index (χ3n) is 6.36. The number of hydrogen-bond donors (Lipinski definition) is 1. The van der Waals surface area contributed by atoms with E-state index in [0.29, 0.717) is 27.7 Å². The lowest BCUT2D eigenvalue weighted by Crippen LogP contribution is -2.32. The molecule has 0 saturated heterocycles. The summed E-state index contributed by atoms with van der Waals surface area (Å²) in [6, 6.07) is 8.41. The number of aliphatic carboxylic acids is 1. The van der Waals surface area contributed by atoms with Gasteiger partial charge in [0, 0.05) is 41.2 Å². The third-order valence-corrected chi connectivity index (χ3v) is 6.80. The molecule has 3 aromatic rings. The Morgan fingerprint density at radius 1 is 1.14 bits per heavy atom.